The molecule has 1 heterocycles. The molecule has 0 saturated carbocycles. The van der Waals surface area contributed by atoms with E-state index in [0.29, 0.717) is 10.2 Å². The fourth-order valence-electron chi connectivity index (χ4n) is 2.21. The maximum absolute atomic E-state index is 12.5. The minimum absolute atomic E-state index is 0.0414. The first kappa shape index (κ1) is 21.3. The Bertz CT molecular complexity index is 1070. The van der Waals surface area contributed by atoms with Gasteiger partial charge in [0.2, 0.25) is 10.0 Å². The number of nitrogens with one attached hydrogen (secondary N) is 3. The van der Waals surface area contributed by atoms with E-state index in [4.69, 9.17) is 5.73 Å². The van der Waals surface area contributed by atoms with Crippen molar-refractivity contribution in [2.24, 2.45) is 10.7 Å². The van der Waals surface area contributed by atoms with Gasteiger partial charge in [0.15, 0.2) is 5.03 Å². The summed E-state index contributed by atoms with van der Waals surface area (Å²) in [5.74, 6) is -1.84. The lowest BCUT2D eigenvalue weighted by molar-refractivity contribution is -0.525. The molecule has 0 saturated heterocycles. The number of benzene rings is 1. The van der Waals surface area contributed by atoms with Crippen LogP contribution in [0.2, 0.25) is 0 Å². The molecule has 0 spiro atoms. The predicted octanol–water partition coefficient (Wildman–Crippen LogP) is -0.803. The number of aliphatic carboxylic acids is 1. The molecule has 0 unspecified atom stereocenters. The Labute approximate surface area is 161 Å². The van der Waals surface area contributed by atoms with Crippen LogP contribution in [0.4, 0.5) is 0 Å². The molecule has 1 aromatic carbocycles. The van der Waals surface area contributed by atoms with Crippen LogP contribution in [-0.4, -0.2) is 48.1 Å². The highest BCUT2D eigenvalue weighted by molar-refractivity contribution is 7.89. The number of aromatic nitrogens is 1. The molecule has 0 aliphatic heterocycles. The number of aromatic amines is 1. The zero-order valence-corrected chi connectivity index (χ0v) is 15.7. The highest BCUT2D eigenvalue weighted by atomic mass is 32.2. The summed E-state index contributed by atoms with van der Waals surface area (Å²) in [6.07, 6.45) is -0.0161. The van der Waals surface area contributed by atoms with Gasteiger partial charge in [-0.05, 0) is 31.0 Å². The number of H-pyrrole nitrogens is 1. The third-order valence-corrected chi connectivity index (χ3v) is 5.77. The molecule has 28 heavy (non-hydrogen) atoms. The molecular weight excluding hydrogens is 416 g/mol. The molecule has 1 atom stereocenters. The molecule has 0 fully saturated rings. The average Bonchev–Trinajstić information content (AvgIpc) is 2.95. The van der Waals surface area contributed by atoms with E-state index in [1.54, 1.807) is 5.43 Å². The van der Waals surface area contributed by atoms with Crippen LogP contribution < -0.4 is 20.8 Å². The second kappa shape index (κ2) is 8.77. The molecular formula is C13H16N6O7S2. The molecule has 15 heteroatoms. The van der Waals surface area contributed by atoms with Crippen LogP contribution in [0.3, 0.4) is 0 Å². The van der Waals surface area contributed by atoms with Crippen molar-refractivity contribution in [1.82, 2.24) is 15.1 Å². The molecule has 152 valence electrons. The summed E-state index contributed by atoms with van der Waals surface area (Å²) in [5, 5.41) is 18.5. The number of rotatable bonds is 9. The molecule has 13 nitrogen and oxygen atoms in total. The Morgan fingerprint density at radius 2 is 2.18 bits per heavy atom. The van der Waals surface area contributed by atoms with E-state index in [2.05, 4.69) is 14.7 Å². The van der Waals surface area contributed by atoms with E-state index in [1.807, 2.05) is 0 Å². The van der Waals surface area contributed by atoms with Crippen LogP contribution in [-0.2, 0) is 14.8 Å². The SMILES string of the molecule is NC(=NCCC[C@@H](NS(=O)(=O)c1ccc2sc(=O)[nH]c2c1)C(=O)O)N[N+](=O)[O-]. The summed E-state index contributed by atoms with van der Waals surface area (Å²) in [5.41, 5.74) is 7.18. The van der Waals surface area contributed by atoms with E-state index in [1.165, 1.54) is 18.2 Å². The molecule has 0 amide bonds. The number of guanidine groups is 1. The zero-order chi connectivity index (χ0) is 20.9. The van der Waals surface area contributed by atoms with Crippen LogP contribution in [0.1, 0.15) is 12.8 Å². The Hall–Kier alpha value is -3.04. The molecule has 6 N–H and O–H groups in total. The predicted molar refractivity (Wildman–Crippen MR) is 100 cm³/mol. The summed E-state index contributed by atoms with van der Waals surface area (Å²) in [7, 11) is -4.17. The molecule has 2 rings (SSSR count). The molecule has 2 aromatic rings. The van der Waals surface area contributed by atoms with Crippen LogP contribution in [0.15, 0.2) is 32.9 Å². The smallest absolute Gasteiger partial charge is 0.321 e. The minimum Gasteiger partial charge on any atom is -0.480 e. The summed E-state index contributed by atoms with van der Waals surface area (Å²) in [4.78, 5) is 38.4. The van der Waals surface area contributed by atoms with Crippen LogP contribution in [0.5, 0.6) is 0 Å². The number of hydrogen-bond donors (Lipinski definition) is 5. The van der Waals surface area contributed by atoms with Crippen molar-refractivity contribution in [3.63, 3.8) is 0 Å². The Morgan fingerprint density at radius 3 is 2.82 bits per heavy atom. The van der Waals surface area contributed by atoms with Gasteiger partial charge in [0.05, 0.1) is 15.1 Å². The highest BCUT2D eigenvalue weighted by Crippen LogP contribution is 2.19. The van der Waals surface area contributed by atoms with E-state index >= 15 is 0 Å². The Morgan fingerprint density at radius 1 is 1.46 bits per heavy atom. The number of carboxylic acid groups (broad SMARTS) is 1. The number of thiazole rings is 1. The van der Waals surface area contributed by atoms with Crippen molar-refractivity contribution in [2.75, 3.05) is 6.54 Å². The second-order valence-electron chi connectivity index (χ2n) is 5.46. The number of nitrogens with zero attached hydrogens (tertiary/aromatic N) is 2. The molecule has 0 radical (unpaired) electrons. The molecule has 0 aliphatic carbocycles. The number of carboxylic acids is 1. The van der Waals surface area contributed by atoms with Crippen molar-refractivity contribution in [3.05, 3.63) is 38.0 Å². The summed E-state index contributed by atoms with van der Waals surface area (Å²) < 4.78 is 27.6. The van der Waals surface area contributed by atoms with Gasteiger partial charge in [-0.1, -0.05) is 16.8 Å². The Kier molecular flexibility index (Phi) is 6.66. The van der Waals surface area contributed by atoms with Gasteiger partial charge >= 0.3 is 10.8 Å². The number of carbonyl (C=O) groups is 1. The number of hydrogen-bond acceptors (Lipinski definition) is 8. The van der Waals surface area contributed by atoms with Gasteiger partial charge in [0, 0.05) is 6.54 Å². The van der Waals surface area contributed by atoms with Gasteiger partial charge in [-0.3, -0.25) is 9.59 Å². The largest absolute Gasteiger partial charge is 0.480 e. The van der Waals surface area contributed by atoms with Crippen molar-refractivity contribution in [1.29, 1.82) is 0 Å². The fourth-order valence-corrected chi connectivity index (χ4v) is 4.18. The fraction of sp³-hybridized carbons (Fsp3) is 0.308. The normalized spacial score (nSPS) is 13.4. The number of hydrazine groups is 1. The number of nitro groups is 1. The van der Waals surface area contributed by atoms with Gasteiger partial charge in [-0.15, -0.1) is 0 Å². The number of aliphatic imine (C=N–C) groups is 1. The lowest BCUT2D eigenvalue weighted by atomic mass is 10.2. The van der Waals surface area contributed by atoms with Crippen molar-refractivity contribution < 1.29 is 23.4 Å². The first-order valence-corrected chi connectivity index (χ1v) is 9.97. The zero-order valence-electron chi connectivity index (χ0n) is 14.1. The third kappa shape index (κ3) is 5.73. The first-order valence-electron chi connectivity index (χ1n) is 7.67. The van der Waals surface area contributed by atoms with Gasteiger partial charge in [-0.2, -0.15) is 4.72 Å². The van der Waals surface area contributed by atoms with E-state index in [0.717, 1.165) is 11.3 Å². The van der Waals surface area contributed by atoms with E-state index in [9.17, 15) is 33.2 Å². The van der Waals surface area contributed by atoms with Gasteiger partial charge in [0.1, 0.15) is 6.04 Å². The summed E-state index contributed by atoms with van der Waals surface area (Å²) in [6, 6.07) is 2.51. The van der Waals surface area contributed by atoms with Crippen molar-refractivity contribution in [3.8, 4) is 0 Å². The number of nitrogens with two attached hydrogens (primary N) is 1. The number of sulfonamides is 1. The van der Waals surface area contributed by atoms with Gasteiger partial charge in [-0.25, -0.2) is 23.5 Å². The third-order valence-electron chi connectivity index (χ3n) is 3.44. The first-order chi connectivity index (χ1) is 13.1. The topological polar surface area (TPSA) is 210 Å². The minimum atomic E-state index is -4.17. The maximum atomic E-state index is 12.5. The Balaban J connectivity index is 2.06. The standard InChI is InChI=1S/C13H16N6O7S2/c14-12(17-19(23)24)15-5-1-2-8(11(20)21)18-28(25,26)7-3-4-10-9(6-7)16-13(22)27-10/h3-4,6,8,18H,1-2,5H2,(H,16,22)(H,20,21)(H3,14,15,17)/t8-/m1/s1. The molecule has 0 bridgehead atoms. The monoisotopic (exact) mass is 432 g/mol. The van der Waals surface area contributed by atoms with Gasteiger partial charge in [0.25, 0.3) is 5.96 Å². The van der Waals surface area contributed by atoms with E-state index < -0.39 is 33.0 Å². The quantitative estimate of drug-likeness (QED) is 0.110. The average molecular weight is 432 g/mol. The van der Waals surface area contributed by atoms with Crippen molar-refractivity contribution >= 4 is 43.5 Å². The summed E-state index contributed by atoms with van der Waals surface area (Å²) >= 11 is 0.919. The van der Waals surface area contributed by atoms with Crippen LogP contribution >= 0.6 is 11.3 Å². The molecule has 1 aromatic heterocycles. The number of fused-ring (bicyclic) bond motifs is 1. The summed E-state index contributed by atoms with van der Waals surface area (Å²) in [6.45, 7) is -0.0414. The van der Waals surface area contributed by atoms with E-state index in [-0.39, 0.29) is 29.2 Å². The maximum Gasteiger partial charge on any atom is 0.321 e. The highest BCUT2D eigenvalue weighted by Gasteiger charge is 2.25. The second-order valence-corrected chi connectivity index (χ2v) is 8.19. The van der Waals surface area contributed by atoms with Crippen LogP contribution in [0.25, 0.3) is 10.2 Å². The lowest BCUT2D eigenvalue weighted by Gasteiger charge is -2.14. The van der Waals surface area contributed by atoms with Crippen LogP contribution in [0, 0.1) is 10.1 Å². The van der Waals surface area contributed by atoms with Crippen molar-refractivity contribution in [2.45, 2.75) is 23.8 Å². The molecule has 0 aliphatic rings. The van der Waals surface area contributed by atoms with Gasteiger partial charge < -0.3 is 15.8 Å². The lowest BCUT2D eigenvalue weighted by Crippen LogP contribution is -2.41.